The second-order valence-corrected chi connectivity index (χ2v) is 4.98. The van der Waals surface area contributed by atoms with Crippen molar-refractivity contribution < 1.29 is 9.90 Å². The number of hydrogen-bond donors (Lipinski definition) is 2. The van der Waals surface area contributed by atoms with Crippen LogP contribution in [0.4, 0.5) is 5.82 Å². The van der Waals surface area contributed by atoms with Gasteiger partial charge in [-0.1, -0.05) is 6.92 Å². The summed E-state index contributed by atoms with van der Waals surface area (Å²) in [4.78, 5) is 18.7. The van der Waals surface area contributed by atoms with Crippen LogP contribution in [0.3, 0.4) is 0 Å². The first-order valence-electron chi connectivity index (χ1n) is 5.53. The molecule has 1 aromatic heterocycles. The Kier molecular flexibility index (Phi) is 5.76. The zero-order chi connectivity index (χ0) is 12.7. The fraction of sp³-hybridized carbons (Fsp3) is 0.545. The van der Waals surface area contributed by atoms with E-state index in [-0.39, 0.29) is 11.7 Å². The molecule has 1 rings (SSSR count). The molecule has 0 aliphatic carbocycles. The summed E-state index contributed by atoms with van der Waals surface area (Å²) < 4.78 is 0. The molecule has 0 aromatic carbocycles. The summed E-state index contributed by atoms with van der Waals surface area (Å²) in [6.45, 7) is 4.13. The van der Waals surface area contributed by atoms with Crippen molar-refractivity contribution in [1.29, 1.82) is 0 Å². The largest absolute Gasteiger partial charge is 0.476 e. The summed E-state index contributed by atoms with van der Waals surface area (Å²) in [6.07, 6.45) is 3.84. The summed E-state index contributed by atoms with van der Waals surface area (Å²) in [6, 6.07) is 0.184. The first kappa shape index (κ1) is 13.8. The predicted molar refractivity (Wildman–Crippen MR) is 69.7 cm³/mol. The van der Waals surface area contributed by atoms with Gasteiger partial charge in [0.15, 0.2) is 11.5 Å². The van der Waals surface area contributed by atoms with E-state index in [2.05, 4.69) is 22.2 Å². The Morgan fingerprint density at radius 1 is 1.53 bits per heavy atom. The van der Waals surface area contributed by atoms with Crippen molar-refractivity contribution in [3.63, 3.8) is 0 Å². The molecular weight excluding hydrogens is 238 g/mol. The van der Waals surface area contributed by atoms with Gasteiger partial charge in [0.05, 0.1) is 0 Å². The molecule has 1 aromatic rings. The first-order valence-corrected chi connectivity index (χ1v) is 6.69. The van der Waals surface area contributed by atoms with E-state index in [9.17, 15) is 4.79 Å². The summed E-state index contributed by atoms with van der Waals surface area (Å²) in [7, 11) is 0. The number of aromatic nitrogens is 2. The average Bonchev–Trinajstić information content (AvgIpc) is 2.29. The lowest BCUT2D eigenvalue weighted by atomic mass is 10.2. The van der Waals surface area contributed by atoms with Gasteiger partial charge < -0.3 is 10.4 Å². The number of hydrogen-bond acceptors (Lipinski definition) is 5. The highest BCUT2D eigenvalue weighted by molar-refractivity contribution is 7.99. The molecule has 1 heterocycles. The van der Waals surface area contributed by atoms with Gasteiger partial charge >= 0.3 is 5.97 Å². The Morgan fingerprint density at radius 3 is 2.88 bits per heavy atom. The molecule has 5 nitrogen and oxygen atoms in total. The number of nitrogens with zero attached hydrogens (tertiary/aromatic N) is 2. The third-order valence-electron chi connectivity index (χ3n) is 2.18. The number of rotatable bonds is 7. The van der Waals surface area contributed by atoms with Crippen LogP contribution in [0.1, 0.15) is 30.8 Å². The average molecular weight is 255 g/mol. The Morgan fingerprint density at radius 2 is 2.24 bits per heavy atom. The monoisotopic (exact) mass is 255 g/mol. The van der Waals surface area contributed by atoms with E-state index >= 15 is 0 Å². The minimum absolute atomic E-state index is 0.0255. The molecule has 0 bridgehead atoms. The molecule has 0 amide bonds. The van der Waals surface area contributed by atoms with Crippen LogP contribution >= 0.6 is 11.8 Å². The lowest BCUT2D eigenvalue weighted by Gasteiger charge is -2.14. The van der Waals surface area contributed by atoms with E-state index in [0.29, 0.717) is 5.82 Å². The van der Waals surface area contributed by atoms with Crippen LogP contribution < -0.4 is 5.32 Å². The molecule has 17 heavy (non-hydrogen) atoms. The summed E-state index contributed by atoms with van der Waals surface area (Å²) in [5, 5.41) is 12.0. The molecule has 1 atom stereocenters. The number of nitrogens with one attached hydrogen (secondary N) is 1. The van der Waals surface area contributed by atoms with Crippen LogP contribution in [0.25, 0.3) is 0 Å². The molecule has 94 valence electrons. The Hall–Kier alpha value is -1.30. The van der Waals surface area contributed by atoms with Gasteiger partial charge in [-0.2, -0.15) is 11.8 Å². The van der Waals surface area contributed by atoms with Gasteiger partial charge in [0.1, 0.15) is 0 Å². The fourth-order valence-corrected chi connectivity index (χ4v) is 2.12. The van der Waals surface area contributed by atoms with E-state index in [0.717, 1.165) is 17.9 Å². The third-order valence-corrected chi connectivity index (χ3v) is 3.12. The molecule has 0 aliphatic rings. The second-order valence-electron chi connectivity index (χ2n) is 3.59. The van der Waals surface area contributed by atoms with Gasteiger partial charge in [-0.25, -0.2) is 14.8 Å². The van der Waals surface area contributed by atoms with Crippen LogP contribution in [0.2, 0.25) is 0 Å². The van der Waals surface area contributed by atoms with Gasteiger partial charge in [0.2, 0.25) is 0 Å². The molecule has 0 saturated carbocycles. The van der Waals surface area contributed by atoms with Crippen molar-refractivity contribution in [2.24, 2.45) is 0 Å². The van der Waals surface area contributed by atoms with E-state index in [1.54, 1.807) is 0 Å². The van der Waals surface area contributed by atoms with Gasteiger partial charge in [0.25, 0.3) is 0 Å². The lowest BCUT2D eigenvalue weighted by molar-refractivity contribution is 0.0691. The number of carboxylic acid groups (broad SMARTS) is 1. The highest BCUT2D eigenvalue weighted by atomic mass is 32.2. The summed E-state index contributed by atoms with van der Waals surface area (Å²) in [5.41, 5.74) is -0.0255. The maximum Gasteiger partial charge on any atom is 0.358 e. The van der Waals surface area contributed by atoms with Crippen LogP contribution in [0.15, 0.2) is 12.4 Å². The molecule has 2 N–H and O–H groups in total. The number of thioether (sulfide) groups is 1. The highest BCUT2D eigenvalue weighted by Crippen LogP contribution is 2.12. The molecule has 6 heteroatoms. The van der Waals surface area contributed by atoms with Gasteiger partial charge in [-0.3, -0.25) is 0 Å². The molecular formula is C11H17N3O2S. The van der Waals surface area contributed by atoms with E-state index in [1.807, 2.05) is 18.7 Å². The second kappa shape index (κ2) is 7.11. The predicted octanol–water partition coefficient (Wildman–Crippen LogP) is 2.12. The van der Waals surface area contributed by atoms with Crippen molar-refractivity contribution in [2.45, 2.75) is 26.3 Å². The third kappa shape index (κ3) is 4.60. The molecule has 0 saturated heterocycles. The zero-order valence-corrected chi connectivity index (χ0v) is 10.8. The van der Waals surface area contributed by atoms with Gasteiger partial charge in [-0.05, 0) is 24.9 Å². The number of aromatic carboxylic acids is 1. The maximum atomic E-state index is 10.9. The Bertz CT molecular complexity index is 373. The number of carbonyl (C=O) groups is 1. The summed E-state index contributed by atoms with van der Waals surface area (Å²) in [5.74, 6) is 1.43. The van der Waals surface area contributed by atoms with E-state index < -0.39 is 5.97 Å². The van der Waals surface area contributed by atoms with Crippen molar-refractivity contribution in [1.82, 2.24) is 9.97 Å². The van der Waals surface area contributed by atoms with Crippen LogP contribution in [0.5, 0.6) is 0 Å². The van der Waals surface area contributed by atoms with Crippen molar-refractivity contribution >= 4 is 23.5 Å². The normalized spacial score (nSPS) is 12.1. The van der Waals surface area contributed by atoms with Crippen molar-refractivity contribution in [3.8, 4) is 0 Å². The fourth-order valence-electron chi connectivity index (χ4n) is 1.31. The Balaban J connectivity index is 2.58. The standard InChI is InChI=1S/C11H17N3O2S/c1-3-17-7-4-8(2)14-10-9(11(15)16)12-5-6-13-10/h5-6,8H,3-4,7H2,1-2H3,(H,13,14)(H,15,16). The minimum Gasteiger partial charge on any atom is -0.476 e. The smallest absolute Gasteiger partial charge is 0.358 e. The van der Waals surface area contributed by atoms with Crippen molar-refractivity contribution in [3.05, 3.63) is 18.1 Å². The molecule has 0 spiro atoms. The maximum absolute atomic E-state index is 10.9. The van der Waals surface area contributed by atoms with Crippen LogP contribution in [-0.4, -0.2) is 38.6 Å². The molecule has 1 unspecified atom stereocenters. The molecule has 0 fully saturated rings. The molecule has 0 aliphatic heterocycles. The highest BCUT2D eigenvalue weighted by Gasteiger charge is 2.14. The number of anilines is 1. The quantitative estimate of drug-likeness (QED) is 0.727. The zero-order valence-electron chi connectivity index (χ0n) is 10.0. The van der Waals surface area contributed by atoms with Crippen LogP contribution in [-0.2, 0) is 0 Å². The van der Waals surface area contributed by atoms with E-state index in [1.165, 1.54) is 12.4 Å². The minimum atomic E-state index is -1.06. The SMILES string of the molecule is CCSCCC(C)Nc1nccnc1C(=O)O. The van der Waals surface area contributed by atoms with Crippen molar-refractivity contribution in [2.75, 3.05) is 16.8 Å². The van der Waals surface area contributed by atoms with E-state index in [4.69, 9.17) is 5.11 Å². The first-order chi connectivity index (χ1) is 8.15. The van der Waals surface area contributed by atoms with Gasteiger partial charge in [0, 0.05) is 18.4 Å². The molecule has 0 radical (unpaired) electrons. The van der Waals surface area contributed by atoms with Gasteiger partial charge in [-0.15, -0.1) is 0 Å². The lowest BCUT2D eigenvalue weighted by Crippen LogP contribution is -2.19. The summed E-state index contributed by atoms with van der Waals surface area (Å²) >= 11 is 1.87. The van der Waals surface area contributed by atoms with Crippen LogP contribution in [0, 0.1) is 0 Å². The number of carboxylic acids is 1. The topological polar surface area (TPSA) is 75.1 Å². The Labute approximate surface area is 105 Å².